The molecule has 0 radical (unpaired) electrons. The first-order valence-corrected chi connectivity index (χ1v) is 10.5. The van der Waals surface area contributed by atoms with E-state index in [0.29, 0.717) is 28.0 Å². The van der Waals surface area contributed by atoms with E-state index in [9.17, 15) is 9.18 Å². The van der Waals surface area contributed by atoms with Crippen molar-refractivity contribution in [1.82, 2.24) is 20.2 Å². The molecule has 1 aromatic heterocycles. The lowest BCUT2D eigenvalue weighted by Gasteiger charge is -2.14. The topological polar surface area (TPSA) is 58.1 Å². The van der Waals surface area contributed by atoms with E-state index in [4.69, 9.17) is 16.4 Å². The lowest BCUT2D eigenvalue weighted by molar-refractivity contribution is 0.0959. The number of hydrogen-bond acceptors (Lipinski definition) is 4. The van der Waals surface area contributed by atoms with Crippen molar-refractivity contribution >= 4 is 16.9 Å². The van der Waals surface area contributed by atoms with E-state index in [2.05, 4.69) is 28.3 Å². The molecule has 1 amide bonds. The van der Waals surface area contributed by atoms with Crippen molar-refractivity contribution in [3.63, 3.8) is 0 Å². The fraction of sp³-hybridized carbons (Fsp3) is 0.148. The smallest absolute Gasteiger partial charge is 0.252 e. The molecule has 164 valence electrons. The zero-order valence-corrected chi connectivity index (χ0v) is 18.5. The first-order valence-electron chi connectivity index (χ1n) is 10.5. The van der Waals surface area contributed by atoms with Gasteiger partial charge < -0.3 is 10.2 Å². The quantitative estimate of drug-likeness (QED) is 0.450. The van der Waals surface area contributed by atoms with Crippen LogP contribution in [0, 0.1) is 18.2 Å². The standard InChI is InChI=1S/C27H23FN4O/c1-4-14-29-27(33)21-10-13-23-24(16-21)31-25(19-8-11-22(28)12-9-19)26(30-23)20-7-5-6-18(15-20)17-32(2)3/h1,5-13,15-16H,14,17H2,2-3H3,(H,29,33). The molecule has 0 aliphatic heterocycles. The molecule has 0 saturated heterocycles. The Bertz CT molecular complexity index is 1360. The number of amides is 1. The maximum Gasteiger partial charge on any atom is 0.252 e. The highest BCUT2D eigenvalue weighted by atomic mass is 19.1. The monoisotopic (exact) mass is 438 g/mol. The fourth-order valence-corrected chi connectivity index (χ4v) is 3.62. The first-order chi connectivity index (χ1) is 15.9. The molecule has 1 N–H and O–H groups in total. The van der Waals surface area contributed by atoms with Crippen LogP contribution in [0.3, 0.4) is 0 Å². The second-order valence-electron chi connectivity index (χ2n) is 7.96. The number of carbonyl (C=O) groups excluding carboxylic acids is 1. The minimum Gasteiger partial charge on any atom is -0.341 e. The van der Waals surface area contributed by atoms with Crippen molar-refractivity contribution in [2.75, 3.05) is 20.6 Å². The summed E-state index contributed by atoms with van der Waals surface area (Å²) in [6.45, 7) is 0.933. The number of halogens is 1. The van der Waals surface area contributed by atoms with Crippen molar-refractivity contribution in [1.29, 1.82) is 0 Å². The Kier molecular flexibility index (Phi) is 6.43. The maximum absolute atomic E-state index is 13.6. The molecule has 1 heterocycles. The number of carbonyl (C=O) groups is 1. The van der Waals surface area contributed by atoms with Crippen LogP contribution in [0.2, 0.25) is 0 Å². The van der Waals surface area contributed by atoms with E-state index in [1.807, 2.05) is 26.2 Å². The van der Waals surface area contributed by atoms with Crippen LogP contribution in [0.1, 0.15) is 15.9 Å². The van der Waals surface area contributed by atoms with Gasteiger partial charge in [0.1, 0.15) is 5.82 Å². The van der Waals surface area contributed by atoms with Crippen LogP contribution in [-0.2, 0) is 6.54 Å². The summed E-state index contributed by atoms with van der Waals surface area (Å²) >= 11 is 0. The molecule has 5 nitrogen and oxygen atoms in total. The van der Waals surface area contributed by atoms with Crippen LogP contribution >= 0.6 is 0 Å². The average molecular weight is 439 g/mol. The van der Waals surface area contributed by atoms with E-state index < -0.39 is 0 Å². The van der Waals surface area contributed by atoms with E-state index in [1.165, 1.54) is 12.1 Å². The summed E-state index contributed by atoms with van der Waals surface area (Å²) in [5.41, 5.74) is 5.77. The van der Waals surface area contributed by atoms with Crippen LogP contribution in [0.15, 0.2) is 66.7 Å². The van der Waals surface area contributed by atoms with Crippen LogP contribution in [-0.4, -0.2) is 41.4 Å². The number of aromatic nitrogens is 2. The van der Waals surface area contributed by atoms with Crippen LogP contribution < -0.4 is 5.32 Å². The van der Waals surface area contributed by atoms with Crippen molar-refractivity contribution in [2.24, 2.45) is 0 Å². The van der Waals surface area contributed by atoms with Gasteiger partial charge >= 0.3 is 0 Å². The van der Waals surface area contributed by atoms with Gasteiger partial charge in [0, 0.05) is 23.2 Å². The van der Waals surface area contributed by atoms with Crippen LogP contribution in [0.4, 0.5) is 4.39 Å². The zero-order chi connectivity index (χ0) is 23.4. The Labute approximate surface area is 192 Å². The summed E-state index contributed by atoms with van der Waals surface area (Å²) < 4.78 is 13.6. The van der Waals surface area contributed by atoms with Gasteiger partial charge in [-0.15, -0.1) is 6.42 Å². The molecule has 0 aliphatic carbocycles. The largest absolute Gasteiger partial charge is 0.341 e. The molecule has 0 saturated carbocycles. The normalized spacial score (nSPS) is 10.9. The van der Waals surface area contributed by atoms with Gasteiger partial charge in [-0.3, -0.25) is 4.79 Å². The minimum absolute atomic E-state index is 0.144. The molecule has 3 aromatic carbocycles. The molecule has 4 rings (SSSR count). The van der Waals surface area contributed by atoms with Gasteiger partial charge in [0.25, 0.3) is 5.91 Å². The molecular formula is C27H23FN4O. The Morgan fingerprint density at radius 3 is 2.42 bits per heavy atom. The van der Waals surface area contributed by atoms with Gasteiger partial charge in [0.05, 0.1) is 29.0 Å². The highest BCUT2D eigenvalue weighted by Gasteiger charge is 2.15. The van der Waals surface area contributed by atoms with E-state index in [0.717, 1.165) is 23.2 Å². The number of rotatable bonds is 6. The number of terminal acetylenes is 1. The third-order valence-corrected chi connectivity index (χ3v) is 5.09. The third kappa shape index (κ3) is 5.05. The summed E-state index contributed by atoms with van der Waals surface area (Å²) in [5.74, 6) is 1.79. The minimum atomic E-state index is -0.325. The third-order valence-electron chi connectivity index (χ3n) is 5.09. The molecule has 33 heavy (non-hydrogen) atoms. The zero-order valence-electron chi connectivity index (χ0n) is 18.5. The van der Waals surface area contributed by atoms with Crippen LogP contribution in [0.5, 0.6) is 0 Å². The molecule has 0 unspecified atom stereocenters. The highest BCUT2D eigenvalue weighted by Crippen LogP contribution is 2.32. The molecule has 0 fully saturated rings. The summed E-state index contributed by atoms with van der Waals surface area (Å²) in [6.07, 6.45) is 5.23. The van der Waals surface area contributed by atoms with Crippen molar-refractivity contribution in [2.45, 2.75) is 6.54 Å². The maximum atomic E-state index is 13.6. The Morgan fingerprint density at radius 2 is 1.70 bits per heavy atom. The molecule has 0 aliphatic rings. The molecule has 0 bridgehead atoms. The van der Waals surface area contributed by atoms with E-state index in [-0.39, 0.29) is 18.3 Å². The highest BCUT2D eigenvalue weighted by molar-refractivity contribution is 5.98. The van der Waals surface area contributed by atoms with Gasteiger partial charge in [-0.25, -0.2) is 14.4 Å². The molecule has 0 atom stereocenters. The predicted molar refractivity (Wildman–Crippen MR) is 129 cm³/mol. The van der Waals surface area contributed by atoms with E-state index in [1.54, 1.807) is 30.3 Å². The second-order valence-corrected chi connectivity index (χ2v) is 7.96. The molecular weight excluding hydrogens is 415 g/mol. The number of nitrogens with one attached hydrogen (secondary N) is 1. The van der Waals surface area contributed by atoms with Gasteiger partial charge in [-0.05, 0) is 68.2 Å². The summed E-state index contributed by atoms with van der Waals surface area (Å²) in [6, 6.07) is 19.5. The van der Waals surface area contributed by atoms with Crippen molar-refractivity contribution in [3.8, 4) is 34.9 Å². The Balaban J connectivity index is 1.88. The molecule has 6 heteroatoms. The molecule has 4 aromatic rings. The summed E-state index contributed by atoms with van der Waals surface area (Å²) in [7, 11) is 4.04. The number of fused-ring (bicyclic) bond motifs is 1. The number of nitrogens with zero attached hydrogens (tertiary/aromatic N) is 3. The summed E-state index contributed by atoms with van der Waals surface area (Å²) in [4.78, 5) is 24.2. The number of benzene rings is 3. The Hall–Kier alpha value is -4.08. The lowest BCUT2D eigenvalue weighted by atomic mass is 10.0. The van der Waals surface area contributed by atoms with Gasteiger partial charge in [0.15, 0.2) is 0 Å². The van der Waals surface area contributed by atoms with Gasteiger partial charge in [-0.2, -0.15) is 0 Å². The number of hydrogen-bond donors (Lipinski definition) is 1. The van der Waals surface area contributed by atoms with Crippen molar-refractivity contribution in [3.05, 3.63) is 83.7 Å². The van der Waals surface area contributed by atoms with Crippen LogP contribution in [0.25, 0.3) is 33.5 Å². The van der Waals surface area contributed by atoms with E-state index >= 15 is 0 Å². The fourth-order valence-electron chi connectivity index (χ4n) is 3.62. The SMILES string of the molecule is C#CCNC(=O)c1ccc2nc(-c3cccc(CN(C)C)c3)c(-c3ccc(F)cc3)nc2c1. The summed E-state index contributed by atoms with van der Waals surface area (Å²) in [5, 5.41) is 2.66. The van der Waals surface area contributed by atoms with Crippen molar-refractivity contribution < 1.29 is 9.18 Å². The van der Waals surface area contributed by atoms with Gasteiger partial charge in [0.2, 0.25) is 0 Å². The lowest BCUT2D eigenvalue weighted by Crippen LogP contribution is -2.23. The Morgan fingerprint density at radius 1 is 0.970 bits per heavy atom. The van der Waals surface area contributed by atoms with Gasteiger partial charge in [-0.1, -0.05) is 24.1 Å². The predicted octanol–water partition coefficient (Wildman–Crippen LogP) is 4.53. The average Bonchev–Trinajstić information content (AvgIpc) is 2.81. The second kappa shape index (κ2) is 9.60. The molecule has 0 spiro atoms. The first kappa shape index (κ1) is 22.1.